The van der Waals surface area contributed by atoms with Crippen LogP contribution in [0.2, 0.25) is 0 Å². The molecule has 20 heavy (non-hydrogen) atoms. The Morgan fingerprint density at radius 2 is 1.90 bits per heavy atom. The number of amides is 1. The molecule has 1 aliphatic carbocycles. The van der Waals surface area contributed by atoms with Crippen molar-refractivity contribution in [2.24, 2.45) is 0 Å². The highest BCUT2D eigenvalue weighted by Gasteiger charge is 2.33. The Hall–Kier alpha value is -1.06. The van der Waals surface area contributed by atoms with Gasteiger partial charge in [0.15, 0.2) is 0 Å². The maximum atomic E-state index is 12.5. The van der Waals surface area contributed by atoms with E-state index in [1.54, 1.807) is 0 Å². The second-order valence-corrected chi connectivity index (χ2v) is 6.64. The first-order valence-electron chi connectivity index (χ1n) is 7.84. The van der Waals surface area contributed by atoms with Crippen LogP contribution in [0, 0.1) is 0 Å². The zero-order chi connectivity index (χ0) is 15.2. The summed E-state index contributed by atoms with van der Waals surface area (Å²) in [4.78, 5) is 25.3. The minimum absolute atomic E-state index is 0.0366. The average molecular weight is 283 g/mol. The molecule has 0 heterocycles. The summed E-state index contributed by atoms with van der Waals surface area (Å²) in [5.41, 5.74) is -0.497. The zero-order valence-corrected chi connectivity index (χ0v) is 13.4. The van der Waals surface area contributed by atoms with Crippen LogP contribution in [0.15, 0.2) is 0 Å². The van der Waals surface area contributed by atoms with Crippen molar-refractivity contribution in [3.63, 3.8) is 0 Å². The maximum absolute atomic E-state index is 12.5. The minimum Gasteiger partial charge on any atom is -0.444 e. The van der Waals surface area contributed by atoms with E-state index in [0.29, 0.717) is 6.42 Å². The van der Waals surface area contributed by atoms with E-state index in [4.69, 9.17) is 4.74 Å². The number of aldehydes is 1. The standard InChI is InChI=1S/C16H29NO3/c1-5-13(11-12-18)17(14-9-7-6-8-10-14)15(19)20-16(2,3)4/h12-14H,5-11H2,1-4H3. The van der Waals surface area contributed by atoms with E-state index in [1.807, 2.05) is 32.6 Å². The molecule has 4 heteroatoms. The molecule has 1 rings (SSSR count). The minimum atomic E-state index is -0.497. The van der Waals surface area contributed by atoms with Gasteiger partial charge < -0.3 is 14.4 Å². The van der Waals surface area contributed by atoms with Crippen molar-refractivity contribution in [2.75, 3.05) is 0 Å². The van der Waals surface area contributed by atoms with E-state index >= 15 is 0 Å². The first-order chi connectivity index (χ1) is 9.39. The van der Waals surface area contributed by atoms with Crippen molar-refractivity contribution in [2.45, 2.75) is 90.3 Å². The van der Waals surface area contributed by atoms with Gasteiger partial charge >= 0.3 is 6.09 Å². The second kappa shape index (κ2) is 7.65. The largest absolute Gasteiger partial charge is 0.444 e. The lowest BCUT2D eigenvalue weighted by Gasteiger charge is -2.39. The molecule has 1 saturated carbocycles. The monoisotopic (exact) mass is 283 g/mol. The third kappa shape index (κ3) is 5.14. The lowest BCUT2D eigenvalue weighted by Crippen LogP contribution is -2.49. The number of nitrogens with zero attached hydrogens (tertiary/aromatic N) is 1. The fraction of sp³-hybridized carbons (Fsp3) is 0.875. The average Bonchev–Trinajstić information content (AvgIpc) is 2.37. The molecule has 1 atom stereocenters. The van der Waals surface area contributed by atoms with E-state index in [0.717, 1.165) is 38.4 Å². The normalized spacial score (nSPS) is 18.4. The smallest absolute Gasteiger partial charge is 0.410 e. The van der Waals surface area contributed by atoms with Crippen molar-refractivity contribution < 1.29 is 14.3 Å². The number of ether oxygens (including phenoxy) is 1. The Bertz CT molecular complexity index is 316. The molecule has 1 fully saturated rings. The summed E-state index contributed by atoms with van der Waals surface area (Å²) < 4.78 is 5.55. The van der Waals surface area contributed by atoms with Gasteiger partial charge in [-0.2, -0.15) is 0 Å². The van der Waals surface area contributed by atoms with Crippen LogP contribution in [0.5, 0.6) is 0 Å². The van der Waals surface area contributed by atoms with Gasteiger partial charge in [0.25, 0.3) is 0 Å². The second-order valence-electron chi connectivity index (χ2n) is 6.64. The van der Waals surface area contributed by atoms with Crippen LogP contribution in [0.1, 0.15) is 72.6 Å². The van der Waals surface area contributed by atoms with Gasteiger partial charge in [-0.3, -0.25) is 0 Å². The Labute approximate surface area is 122 Å². The summed E-state index contributed by atoms with van der Waals surface area (Å²) in [6.07, 6.45) is 7.42. The van der Waals surface area contributed by atoms with Crippen LogP contribution in [0.25, 0.3) is 0 Å². The highest BCUT2D eigenvalue weighted by Crippen LogP contribution is 2.27. The van der Waals surface area contributed by atoms with Gasteiger partial charge in [-0.1, -0.05) is 26.2 Å². The molecule has 0 aromatic heterocycles. The molecule has 0 N–H and O–H groups in total. The van der Waals surface area contributed by atoms with Crippen molar-refractivity contribution in [1.29, 1.82) is 0 Å². The fourth-order valence-electron chi connectivity index (χ4n) is 2.86. The van der Waals surface area contributed by atoms with Crippen LogP contribution >= 0.6 is 0 Å². The van der Waals surface area contributed by atoms with Crippen LogP contribution in [0.3, 0.4) is 0 Å². The van der Waals surface area contributed by atoms with Crippen molar-refractivity contribution in [3.05, 3.63) is 0 Å². The fourth-order valence-corrected chi connectivity index (χ4v) is 2.86. The van der Waals surface area contributed by atoms with Gasteiger partial charge in [-0.05, 0) is 40.0 Å². The third-order valence-corrected chi connectivity index (χ3v) is 3.81. The van der Waals surface area contributed by atoms with Crippen LogP contribution in [0.4, 0.5) is 4.79 Å². The Kier molecular flexibility index (Phi) is 6.50. The number of hydrogen-bond acceptors (Lipinski definition) is 3. The Balaban J connectivity index is 2.86. The molecule has 1 unspecified atom stereocenters. The molecule has 116 valence electrons. The van der Waals surface area contributed by atoms with Crippen molar-refractivity contribution >= 4 is 12.4 Å². The predicted octanol–water partition coefficient (Wildman–Crippen LogP) is 3.92. The van der Waals surface area contributed by atoms with Gasteiger partial charge in [-0.25, -0.2) is 4.79 Å². The predicted molar refractivity (Wildman–Crippen MR) is 79.7 cm³/mol. The number of rotatable bonds is 5. The maximum Gasteiger partial charge on any atom is 0.410 e. The van der Waals surface area contributed by atoms with Crippen molar-refractivity contribution in [3.8, 4) is 0 Å². The third-order valence-electron chi connectivity index (χ3n) is 3.81. The zero-order valence-electron chi connectivity index (χ0n) is 13.4. The lowest BCUT2D eigenvalue weighted by atomic mass is 9.92. The molecule has 1 aliphatic rings. The summed E-state index contributed by atoms with van der Waals surface area (Å²) in [5.74, 6) is 0. The number of hydrogen-bond donors (Lipinski definition) is 0. The SMILES string of the molecule is CCC(CC=O)N(C(=O)OC(C)(C)C)C1CCCCC1. The van der Waals surface area contributed by atoms with Gasteiger partial charge in [0.2, 0.25) is 0 Å². The molecule has 0 saturated heterocycles. The highest BCUT2D eigenvalue weighted by molar-refractivity contribution is 5.69. The summed E-state index contributed by atoms with van der Waals surface area (Å²) in [7, 11) is 0. The van der Waals surface area contributed by atoms with Crippen molar-refractivity contribution in [1.82, 2.24) is 4.90 Å². The Morgan fingerprint density at radius 1 is 1.30 bits per heavy atom. The van der Waals surface area contributed by atoms with E-state index in [2.05, 4.69) is 0 Å². The molecular weight excluding hydrogens is 254 g/mol. The quantitative estimate of drug-likeness (QED) is 0.718. The summed E-state index contributed by atoms with van der Waals surface area (Å²) in [6.45, 7) is 7.66. The molecule has 4 nitrogen and oxygen atoms in total. The Morgan fingerprint density at radius 3 is 2.35 bits per heavy atom. The van der Waals surface area contributed by atoms with E-state index in [9.17, 15) is 9.59 Å². The first kappa shape index (κ1) is 17.0. The van der Waals surface area contributed by atoms with Crippen LogP contribution < -0.4 is 0 Å². The molecule has 0 bridgehead atoms. The van der Waals surface area contributed by atoms with Gasteiger partial charge in [-0.15, -0.1) is 0 Å². The van der Waals surface area contributed by atoms with Gasteiger partial charge in [0.05, 0.1) is 0 Å². The molecule has 0 radical (unpaired) electrons. The molecular formula is C16H29NO3. The van der Waals surface area contributed by atoms with Gasteiger partial charge in [0, 0.05) is 18.5 Å². The number of carbonyl (C=O) groups is 2. The molecule has 0 spiro atoms. The van der Waals surface area contributed by atoms with Gasteiger partial charge in [0.1, 0.15) is 11.9 Å². The molecule has 0 aromatic carbocycles. The van der Waals surface area contributed by atoms with E-state index in [-0.39, 0.29) is 18.2 Å². The topological polar surface area (TPSA) is 46.6 Å². The first-order valence-corrected chi connectivity index (χ1v) is 7.84. The lowest BCUT2D eigenvalue weighted by molar-refractivity contribution is -0.109. The number of carbonyl (C=O) groups excluding carboxylic acids is 2. The summed E-state index contributed by atoms with van der Waals surface area (Å²) in [6, 6.07) is 0.189. The molecule has 1 amide bonds. The summed E-state index contributed by atoms with van der Waals surface area (Å²) >= 11 is 0. The van der Waals surface area contributed by atoms with Crippen LogP contribution in [-0.4, -0.2) is 35.0 Å². The van der Waals surface area contributed by atoms with E-state index < -0.39 is 5.60 Å². The van der Waals surface area contributed by atoms with E-state index in [1.165, 1.54) is 6.42 Å². The molecule has 0 aromatic rings. The summed E-state index contributed by atoms with van der Waals surface area (Å²) in [5, 5.41) is 0. The molecule has 0 aliphatic heterocycles. The highest BCUT2D eigenvalue weighted by atomic mass is 16.6. The van der Waals surface area contributed by atoms with Crippen LogP contribution in [-0.2, 0) is 9.53 Å².